The van der Waals surface area contributed by atoms with E-state index < -0.39 is 6.17 Å². The van der Waals surface area contributed by atoms with Crippen molar-refractivity contribution in [2.75, 3.05) is 0 Å². The minimum Gasteiger partial charge on any atom is -0.310 e. The smallest absolute Gasteiger partial charge is 0.272 e. The van der Waals surface area contributed by atoms with Crippen LogP contribution in [0.1, 0.15) is 5.56 Å². The Balaban J connectivity index is 1.76. The lowest BCUT2D eigenvalue weighted by molar-refractivity contribution is -0.134. The van der Waals surface area contributed by atoms with E-state index in [9.17, 15) is 9.18 Å². The van der Waals surface area contributed by atoms with Crippen molar-refractivity contribution < 1.29 is 9.18 Å². The molecule has 0 aliphatic carbocycles. The SMILES string of the molecule is O=C1C2NN=CN2C=CN1Cc1ccc(F)cc1. The molecule has 1 unspecified atom stereocenters. The highest BCUT2D eigenvalue weighted by atomic mass is 19.1. The molecular formula is C12H11FN4O. The minimum atomic E-state index is -0.463. The summed E-state index contributed by atoms with van der Waals surface area (Å²) >= 11 is 0. The lowest BCUT2D eigenvalue weighted by Gasteiger charge is -2.30. The van der Waals surface area contributed by atoms with Gasteiger partial charge in [-0.05, 0) is 17.7 Å². The normalized spacial score (nSPS) is 21.2. The number of carbonyl (C=O) groups excluding carboxylic acids is 1. The zero-order chi connectivity index (χ0) is 12.5. The van der Waals surface area contributed by atoms with Crippen LogP contribution in [0.15, 0.2) is 41.8 Å². The molecule has 0 spiro atoms. The first-order chi connectivity index (χ1) is 8.74. The van der Waals surface area contributed by atoms with Crippen molar-refractivity contribution in [1.29, 1.82) is 0 Å². The van der Waals surface area contributed by atoms with E-state index in [4.69, 9.17) is 0 Å². The average Bonchev–Trinajstić information content (AvgIpc) is 2.84. The third kappa shape index (κ3) is 1.81. The van der Waals surface area contributed by atoms with E-state index in [0.717, 1.165) is 5.56 Å². The van der Waals surface area contributed by atoms with Gasteiger partial charge >= 0.3 is 0 Å². The second-order valence-electron chi connectivity index (χ2n) is 4.11. The van der Waals surface area contributed by atoms with E-state index in [0.29, 0.717) is 6.54 Å². The Morgan fingerprint density at radius 1 is 1.28 bits per heavy atom. The highest BCUT2D eigenvalue weighted by molar-refractivity contribution is 5.87. The summed E-state index contributed by atoms with van der Waals surface area (Å²) in [5.74, 6) is -0.365. The largest absolute Gasteiger partial charge is 0.310 e. The van der Waals surface area contributed by atoms with Crippen LogP contribution in [-0.4, -0.2) is 28.2 Å². The summed E-state index contributed by atoms with van der Waals surface area (Å²) in [5.41, 5.74) is 3.60. The molecule has 0 saturated carbocycles. The molecular weight excluding hydrogens is 235 g/mol. The summed E-state index contributed by atoms with van der Waals surface area (Å²) in [4.78, 5) is 15.4. The maximum atomic E-state index is 12.8. The van der Waals surface area contributed by atoms with Crippen molar-refractivity contribution >= 4 is 12.2 Å². The van der Waals surface area contributed by atoms with Crippen LogP contribution < -0.4 is 5.43 Å². The van der Waals surface area contributed by atoms with Crippen molar-refractivity contribution in [2.24, 2.45) is 5.10 Å². The maximum Gasteiger partial charge on any atom is 0.272 e. The fraction of sp³-hybridized carbons (Fsp3) is 0.167. The maximum absolute atomic E-state index is 12.8. The van der Waals surface area contributed by atoms with E-state index in [1.165, 1.54) is 12.1 Å². The lowest BCUT2D eigenvalue weighted by Crippen LogP contribution is -2.50. The lowest BCUT2D eigenvalue weighted by atomic mass is 10.2. The van der Waals surface area contributed by atoms with Crippen LogP contribution in [0.5, 0.6) is 0 Å². The van der Waals surface area contributed by atoms with Gasteiger partial charge in [0.2, 0.25) is 6.17 Å². The Bertz CT molecular complexity index is 525. The van der Waals surface area contributed by atoms with Gasteiger partial charge in [0.25, 0.3) is 5.91 Å². The predicted molar refractivity (Wildman–Crippen MR) is 63.3 cm³/mol. The minimum absolute atomic E-state index is 0.0840. The number of carbonyl (C=O) groups is 1. The topological polar surface area (TPSA) is 47.9 Å². The van der Waals surface area contributed by atoms with Crippen LogP contribution >= 0.6 is 0 Å². The quantitative estimate of drug-likeness (QED) is 0.840. The second kappa shape index (κ2) is 4.14. The van der Waals surface area contributed by atoms with E-state index in [1.54, 1.807) is 40.7 Å². The van der Waals surface area contributed by atoms with Crippen LogP contribution in [0.2, 0.25) is 0 Å². The van der Waals surface area contributed by atoms with E-state index >= 15 is 0 Å². The number of nitrogens with one attached hydrogen (secondary N) is 1. The number of nitrogens with zero attached hydrogens (tertiary/aromatic N) is 3. The fourth-order valence-electron chi connectivity index (χ4n) is 1.92. The molecule has 1 amide bonds. The molecule has 3 rings (SSSR count). The van der Waals surface area contributed by atoms with Crippen LogP contribution in [0.4, 0.5) is 4.39 Å². The van der Waals surface area contributed by atoms with Gasteiger partial charge < -0.3 is 9.80 Å². The zero-order valence-corrected chi connectivity index (χ0v) is 9.45. The van der Waals surface area contributed by atoms with Crippen molar-refractivity contribution in [3.05, 3.63) is 48.0 Å². The van der Waals surface area contributed by atoms with Crippen LogP contribution in [0.3, 0.4) is 0 Å². The first-order valence-corrected chi connectivity index (χ1v) is 5.53. The molecule has 6 heteroatoms. The van der Waals surface area contributed by atoms with Crippen molar-refractivity contribution in [1.82, 2.24) is 15.2 Å². The number of rotatable bonds is 2. The zero-order valence-electron chi connectivity index (χ0n) is 9.45. The van der Waals surface area contributed by atoms with Crippen molar-refractivity contribution in [2.45, 2.75) is 12.7 Å². The van der Waals surface area contributed by atoms with E-state index in [1.807, 2.05) is 0 Å². The summed E-state index contributed by atoms with van der Waals surface area (Å²) in [6, 6.07) is 6.11. The molecule has 1 atom stereocenters. The first kappa shape index (κ1) is 10.8. The summed E-state index contributed by atoms with van der Waals surface area (Å²) in [6.07, 6.45) is 4.57. The van der Waals surface area contributed by atoms with Gasteiger partial charge in [0.15, 0.2) is 0 Å². The molecule has 1 N–H and O–H groups in total. The Labute approximate surface area is 103 Å². The standard InChI is InChI=1S/C12H11FN4O/c13-10-3-1-9(2-4-10)7-16-5-6-17-8-14-15-11(17)12(16)18/h1-6,8,11,15H,7H2. The average molecular weight is 246 g/mol. The molecule has 0 radical (unpaired) electrons. The van der Waals surface area contributed by atoms with Crippen molar-refractivity contribution in [3.8, 4) is 0 Å². The Kier molecular flexibility index (Phi) is 2.47. The molecule has 1 aromatic carbocycles. The molecule has 5 nitrogen and oxygen atoms in total. The molecule has 2 aliphatic rings. The molecule has 2 aliphatic heterocycles. The summed E-state index contributed by atoms with van der Waals surface area (Å²) in [7, 11) is 0. The van der Waals surface area contributed by atoms with Gasteiger partial charge in [-0.2, -0.15) is 5.10 Å². The number of hydrazone groups is 1. The van der Waals surface area contributed by atoms with E-state index in [-0.39, 0.29) is 11.7 Å². The number of benzene rings is 1. The van der Waals surface area contributed by atoms with Gasteiger partial charge in [0.1, 0.15) is 12.2 Å². The first-order valence-electron chi connectivity index (χ1n) is 5.53. The molecule has 0 aromatic heterocycles. The number of halogens is 1. The summed E-state index contributed by atoms with van der Waals surface area (Å²) in [5, 5.41) is 3.83. The molecule has 0 bridgehead atoms. The molecule has 0 fully saturated rings. The van der Waals surface area contributed by atoms with Gasteiger partial charge in [-0.1, -0.05) is 12.1 Å². The van der Waals surface area contributed by atoms with Crippen LogP contribution in [0, 0.1) is 5.82 Å². The summed E-state index contributed by atoms with van der Waals surface area (Å²) in [6.45, 7) is 0.418. The Morgan fingerprint density at radius 3 is 2.83 bits per heavy atom. The molecule has 0 saturated heterocycles. The predicted octanol–water partition coefficient (Wildman–Crippen LogP) is 0.814. The number of amides is 1. The Hall–Kier alpha value is -2.37. The van der Waals surface area contributed by atoms with Gasteiger partial charge in [0.05, 0.1) is 6.54 Å². The van der Waals surface area contributed by atoms with Crippen LogP contribution in [-0.2, 0) is 11.3 Å². The van der Waals surface area contributed by atoms with Crippen LogP contribution in [0.25, 0.3) is 0 Å². The van der Waals surface area contributed by atoms with Crippen molar-refractivity contribution in [3.63, 3.8) is 0 Å². The molecule has 92 valence electrons. The molecule has 18 heavy (non-hydrogen) atoms. The highest BCUT2D eigenvalue weighted by Crippen LogP contribution is 2.15. The molecule has 2 heterocycles. The highest BCUT2D eigenvalue weighted by Gasteiger charge is 2.32. The van der Waals surface area contributed by atoms with Gasteiger partial charge in [-0.3, -0.25) is 10.2 Å². The monoisotopic (exact) mass is 246 g/mol. The van der Waals surface area contributed by atoms with Gasteiger partial charge in [0, 0.05) is 12.4 Å². The van der Waals surface area contributed by atoms with E-state index in [2.05, 4.69) is 10.5 Å². The Morgan fingerprint density at radius 2 is 2.06 bits per heavy atom. The number of hydrogen-bond donors (Lipinski definition) is 1. The third-order valence-electron chi connectivity index (χ3n) is 2.89. The van der Waals surface area contributed by atoms with Gasteiger partial charge in [-0.25, -0.2) is 4.39 Å². The summed E-state index contributed by atoms with van der Waals surface area (Å²) < 4.78 is 12.8. The molecule has 1 aromatic rings. The second-order valence-corrected chi connectivity index (χ2v) is 4.11. The number of fused-ring (bicyclic) bond motifs is 1. The number of hydrogen-bond acceptors (Lipinski definition) is 4. The third-order valence-corrected chi connectivity index (χ3v) is 2.89. The van der Waals surface area contributed by atoms with Gasteiger partial charge in [-0.15, -0.1) is 0 Å². The fourth-order valence-corrected chi connectivity index (χ4v) is 1.92.